The summed E-state index contributed by atoms with van der Waals surface area (Å²) in [5.74, 6) is -0.136. The van der Waals surface area contributed by atoms with Crippen molar-refractivity contribution in [2.45, 2.75) is 71.6 Å². The molecule has 0 saturated carbocycles. The van der Waals surface area contributed by atoms with Crippen LogP contribution in [-0.4, -0.2) is 12.6 Å². The summed E-state index contributed by atoms with van der Waals surface area (Å²) in [6, 6.07) is 0. The molecule has 0 radical (unpaired) electrons. The van der Waals surface area contributed by atoms with Gasteiger partial charge in [0.25, 0.3) is 0 Å². The Kier molecular flexibility index (Phi) is 20.3. The quantitative estimate of drug-likeness (QED) is 0.160. The van der Waals surface area contributed by atoms with E-state index in [1.54, 1.807) is 0 Å². The highest BCUT2D eigenvalue weighted by Gasteiger charge is 1.97. The standard InChI is InChI=1S/C25H38O2/c1-3-5-7-8-9-10-11-12-13-14-15-16-17-18-19-20-21-22-23-25(26)27-24-6-4-2/h5,7,9-10,12-13,15-16,18-19,21-22H,3-4,6,8,11,14,17,20,23-24H2,1-2H3/b7-5-,10-9-,13-12-,16-15-,19-18-,22-21-. The monoisotopic (exact) mass is 370 g/mol. The average Bonchev–Trinajstić information content (AvgIpc) is 2.67. The molecular weight excluding hydrogens is 332 g/mol. The molecule has 0 atom stereocenters. The van der Waals surface area contributed by atoms with Gasteiger partial charge in [0.05, 0.1) is 13.0 Å². The first-order valence-corrected chi connectivity index (χ1v) is 10.4. The minimum absolute atomic E-state index is 0.136. The highest BCUT2D eigenvalue weighted by Crippen LogP contribution is 1.98. The molecule has 0 amide bonds. The molecule has 0 spiro atoms. The van der Waals surface area contributed by atoms with Crippen LogP contribution in [0.15, 0.2) is 72.9 Å². The average molecular weight is 371 g/mol. The Morgan fingerprint density at radius 3 is 1.44 bits per heavy atom. The zero-order valence-electron chi connectivity index (χ0n) is 17.3. The van der Waals surface area contributed by atoms with Gasteiger partial charge in [0.2, 0.25) is 0 Å². The number of hydrogen-bond acceptors (Lipinski definition) is 2. The Balaban J connectivity index is 3.57. The second-order valence-corrected chi connectivity index (χ2v) is 6.19. The number of ether oxygens (including phenoxy) is 1. The normalized spacial score (nSPS) is 12.8. The Morgan fingerprint density at radius 1 is 0.630 bits per heavy atom. The first-order valence-electron chi connectivity index (χ1n) is 10.4. The van der Waals surface area contributed by atoms with Gasteiger partial charge in [0.1, 0.15) is 0 Å². The molecule has 0 aliphatic heterocycles. The Hall–Kier alpha value is -2.09. The van der Waals surface area contributed by atoms with Gasteiger partial charge in [0, 0.05) is 0 Å². The molecule has 27 heavy (non-hydrogen) atoms. The third-order valence-corrected chi connectivity index (χ3v) is 3.64. The summed E-state index contributed by atoms with van der Waals surface area (Å²) in [4.78, 5) is 11.4. The van der Waals surface area contributed by atoms with Gasteiger partial charge in [-0.1, -0.05) is 93.2 Å². The summed E-state index contributed by atoms with van der Waals surface area (Å²) in [5, 5.41) is 0. The minimum Gasteiger partial charge on any atom is -0.465 e. The summed E-state index contributed by atoms with van der Waals surface area (Å²) in [5.41, 5.74) is 0. The van der Waals surface area contributed by atoms with Crippen molar-refractivity contribution in [2.24, 2.45) is 0 Å². The molecule has 0 aromatic rings. The number of rotatable bonds is 16. The highest BCUT2D eigenvalue weighted by atomic mass is 16.5. The lowest BCUT2D eigenvalue weighted by Gasteiger charge is -2.00. The van der Waals surface area contributed by atoms with Gasteiger partial charge in [-0.25, -0.2) is 0 Å². The van der Waals surface area contributed by atoms with Crippen molar-refractivity contribution in [1.29, 1.82) is 0 Å². The topological polar surface area (TPSA) is 26.3 Å². The van der Waals surface area contributed by atoms with Crippen LogP contribution >= 0.6 is 0 Å². The first kappa shape index (κ1) is 24.9. The number of carbonyl (C=O) groups excluding carboxylic acids is 1. The van der Waals surface area contributed by atoms with E-state index < -0.39 is 0 Å². The SMILES string of the molecule is CC/C=C\C/C=C\C/C=C\C/C=C\C/C=C\C/C=C\CC(=O)OCCCC. The van der Waals surface area contributed by atoms with Gasteiger partial charge < -0.3 is 4.74 Å². The Morgan fingerprint density at radius 2 is 1.04 bits per heavy atom. The molecule has 0 aliphatic carbocycles. The molecule has 0 unspecified atom stereocenters. The van der Waals surface area contributed by atoms with E-state index in [2.05, 4.69) is 74.6 Å². The van der Waals surface area contributed by atoms with Crippen LogP contribution in [0.25, 0.3) is 0 Å². The lowest BCUT2D eigenvalue weighted by Crippen LogP contribution is -2.03. The van der Waals surface area contributed by atoms with E-state index >= 15 is 0 Å². The predicted octanol–water partition coefficient (Wildman–Crippen LogP) is 7.42. The van der Waals surface area contributed by atoms with Crippen molar-refractivity contribution in [1.82, 2.24) is 0 Å². The van der Waals surface area contributed by atoms with Crippen LogP contribution in [0.5, 0.6) is 0 Å². The van der Waals surface area contributed by atoms with E-state index in [1.165, 1.54) is 0 Å². The summed E-state index contributed by atoms with van der Waals surface area (Å²) in [6.45, 7) is 4.77. The van der Waals surface area contributed by atoms with Crippen LogP contribution in [0.2, 0.25) is 0 Å². The molecular formula is C25H38O2. The molecule has 2 nitrogen and oxygen atoms in total. The maximum absolute atomic E-state index is 11.4. The Labute approximate surface area is 167 Å². The second-order valence-electron chi connectivity index (χ2n) is 6.19. The van der Waals surface area contributed by atoms with Crippen LogP contribution < -0.4 is 0 Å². The fourth-order valence-corrected chi connectivity index (χ4v) is 2.09. The zero-order chi connectivity index (χ0) is 19.8. The maximum Gasteiger partial charge on any atom is 0.309 e. The number of esters is 1. The van der Waals surface area contributed by atoms with Crippen molar-refractivity contribution in [3.05, 3.63) is 72.9 Å². The van der Waals surface area contributed by atoms with Gasteiger partial charge >= 0.3 is 5.97 Å². The van der Waals surface area contributed by atoms with E-state index in [4.69, 9.17) is 4.74 Å². The molecule has 0 bridgehead atoms. The van der Waals surface area contributed by atoms with E-state index in [9.17, 15) is 4.79 Å². The van der Waals surface area contributed by atoms with Gasteiger partial charge in [-0.2, -0.15) is 0 Å². The minimum atomic E-state index is -0.136. The van der Waals surface area contributed by atoms with Crippen molar-refractivity contribution in [2.75, 3.05) is 6.61 Å². The van der Waals surface area contributed by atoms with Crippen LogP contribution in [0, 0.1) is 0 Å². The number of hydrogen-bond donors (Lipinski definition) is 0. The molecule has 0 heterocycles. The molecule has 150 valence electrons. The predicted molar refractivity (Wildman–Crippen MR) is 119 cm³/mol. The fraction of sp³-hybridized carbons (Fsp3) is 0.480. The smallest absolute Gasteiger partial charge is 0.309 e. The summed E-state index contributed by atoms with van der Waals surface area (Å²) in [6.07, 6.45) is 34.1. The molecule has 0 saturated heterocycles. The fourth-order valence-electron chi connectivity index (χ4n) is 2.09. The number of unbranched alkanes of at least 4 members (excludes halogenated alkanes) is 1. The summed E-state index contributed by atoms with van der Waals surface area (Å²) < 4.78 is 5.09. The van der Waals surface area contributed by atoms with Gasteiger partial charge in [-0.15, -0.1) is 0 Å². The van der Waals surface area contributed by atoms with Crippen LogP contribution in [-0.2, 0) is 9.53 Å². The van der Waals surface area contributed by atoms with E-state index in [1.807, 2.05) is 12.2 Å². The van der Waals surface area contributed by atoms with Gasteiger partial charge in [-0.3, -0.25) is 4.79 Å². The third-order valence-electron chi connectivity index (χ3n) is 3.64. The summed E-state index contributed by atoms with van der Waals surface area (Å²) in [7, 11) is 0. The van der Waals surface area contributed by atoms with E-state index in [-0.39, 0.29) is 5.97 Å². The molecule has 0 N–H and O–H groups in total. The van der Waals surface area contributed by atoms with Crippen molar-refractivity contribution >= 4 is 5.97 Å². The van der Waals surface area contributed by atoms with Gasteiger partial charge in [0.15, 0.2) is 0 Å². The Bertz CT molecular complexity index is 504. The van der Waals surface area contributed by atoms with Crippen LogP contribution in [0.4, 0.5) is 0 Å². The second kappa shape index (κ2) is 22.0. The molecule has 2 heteroatoms. The van der Waals surface area contributed by atoms with Crippen molar-refractivity contribution in [3.63, 3.8) is 0 Å². The van der Waals surface area contributed by atoms with E-state index in [0.29, 0.717) is 13.0 Å². The van der Waals surface area contributed by atoms with Crippen LogP contribution in [0.3, 0.4) is 0 Å². The molecule has 0 aromatic heterocycles. The zero-order valence-corrected chi connectivity index (χ0v) is 17.3. The lowest BCUT2D eigenvalue weighted by molar-refractivity contribution is -0.142. The van der Waals surface area contributed by atoms with Crippen LogP contribution in [0.1, 0.15) is 71.6 Å². The number of carbonyl (C=O) groups is 1. The first-order chi connectivity index (χ1) is 13.3. The maximum atomic E-state index is 11.4. The molecule has 0 aliphatic rings. The van der Waals surface area contributed by atoms with E-state index in [0.717, 1.165) is 51.4 Å². The lowest BCUT2D eigenvalue weighted by atomic mass is 10.2. The molecule has 0 rings (SSSR count). The largest absolute Gasteiger partial charge is 0.465 e. The summed E-state index contributed by atoms with van der Waals surface area (Å²) >= 11 is 0. The number of allylic oxidation sites excluding steroid dienone is 11. The molecule has 0 fully saturated rings. The highest BCUT2D eigenvalue weighted by molar-refractivity contribution is 5.71. The third kappa shape index (κ3) is 21.9. The van der Waals surface area contributed by atoms with Crippen molar-refractivity contribution < 1.29 is 9.53 Å². The molecule has 0 aromatic carbocycles. The van der Waals surface area contributed by atoms with Gasteiger partial charge in [-0.05, 0) is 44.9 Å². The van der Waals surface area contributed by atoms with Crippen molar-refractivity contribution in [3.8, 4) is 0 Å².